The molecule has 0 bridgehead atoms. The third-order valence-electron chi connectivity index (χ3n) is 5.01. The van der Waals surface area contributed by atoms with Gasteiger partial charge in [-0.3, -0.25) is 4.79 Å². The van der Waals surface area contributed by atoms with Crippen LogP contribution in [0.2, 0.25) is 0 Å². The van der Waals surface area contributed by atoms with Crippen LogP contribution in [0.15, 0.2) is 0 Å². The van der Waals surface area contributed by atoms with Gasteiger partial charge in [-0.1, -0.05) is 0 Å². The first-order chi connectivity index (χ1) is 11.7. The Morgan fingerprint density at radius 2 is 1.88 bits per heavy atom. The van der Waals surface area contributed by atoms with Gasteiger partial charge in [-0.25, -0.2) is 0 Å². The lowest BCUT2D eigenvalue weighted by Crippen LogP contribution is -2.37. The molecule has 0 aliphatic carbocycles. The third kappa shape index (κ3) is 4.17. The maximum atomic E-state index is 11.5. The van der Waals surface area contributed by atoms with E-state index in [-0.39, 0.29) is 12.6 Å². The fraction of sp³-hybridized carbons (Fsp3) is 0.579. The summed E-state index contributed by atoms with van der Waals surface area (Å²) in [4.78, 5) is 22.5. The van der Waals surface area contributed by atoms with E-state index < -0.39 is 11.3 Å². The molecule has 6 heteroatoms. The molecule has 2 radical (unpaired) electrons. The first-order valence-corrected chi connectivity index (χ1v) is 8.48. The van der Waals surface area contributed by atoms with Crippen molar-refractivity contribution in [2.24, 2.45) is 0 Å². The highest BCUT2D eigenvalue weighted by atomic mass is 16.5. The molecule has 0 aromatic heterocycles. The molecule has 0 fully saturated rings. The third-order valence-corrected chi connectivity index (χ3v) is 5.01. The van der Waals surface area contributed by atoms with Gasteiger partial charge in [-0.2, -0.15) is 0 Å². The number of carbonyl (C=O) groups is 2. The van der Waals surface area contributed by atoms with Crippen molar-refractivity contribution in [3.63, 3.8) is 0 Å². The predicted molar refractivity (Wildman–Crippen MR) is 95.5 cm³/mol. The Labute approximate surface area is 150 Å². The molecule has 0 spiro atoms. The Kier molecular flexibility index (Phi) is 5.81. The van der Waals surface area contributed by atoms with E-state index in [0.717, 1.165) is 40.8 Å². The molecule has 5 nitrogen and oxygen atoms in total. The van der Waals surface area contributed by atoms with Gasteiger partial charge in [0.15, 0.2) is 7.85 Å². The van der Waals surface area contributed by atoms with E-state index in [0.29, 0.717) is 18.6 Å². The lowest BCUT2D eigenvalue weighted by Gasteiger charge is -2.38. The molecule has 25 heavy (non-hydrogen) atoms. The summed E-state index contributed by atoms with van der Waals surface area (Å²) in [5.41, 5.74) is 3.10. The normalized spacial score (nSPS) is 18.9. The molecule has 0 saturated heterocycles. The van der Waals surface area contributed by atoms with Crippen LogP contribution in [0.4, 0.5) is 0 Å². The second-order valence-corrected chi connectivity index (χ2v) is 6.89. The van der Waals surface area contributed by atoms with Crippen LogP contribution < -0.4 is 9.47 Å². The van der Waals surface area contributed by atoms with Crippen molar-refractivity contribution in [1.29, 1.82) is 0 Å². The highest BCUT2D eigenvalue weighted by Gasteiger charge is 2.35. The van der Waals surface area contributed by atoms with Crippen molar-refractivity contribution in [2.45, 2.75) is 59.0 Å². The van der Waals surface area contributed by atoms with Crippen molar-refractivity contribution >= 4 is 19.5 Å². The standard InChI is InChI=1S/C19H25BO5/c1-11-12(2)18-14(13(3)17(11)24-10-15(20)21)6-8-19(4,25-18)9-7-16(22)23-5/h6-10H2,1-5H3/t19-/m0/s1. The van der Waals surface area contributed by atoms with Gasteiger partial charge in [0.2, 0.25) is 0 Å². The average molecular weight is 344 g/mol. The van der Waals surface area contributed by atoms with Crippen LogP contribution in [0.3, 0.4) is 0 Å². The number of ether oxygens (including phenoxy) is 3. The van der Waals surface area contributed by atoms with Gasteiger partial charge in [0, 0.05) is 12.0 Å². The number of esters is 1. The van der Waals surface area contributed by atoms with E-state index in [4.69, 9.17) is 22.1 Å². The van der Waals surface area contributed by atoms with Crippen LogP contribution in [-0.2, 0) is 20.7 Å². The number of hydrogen-bond donors (Lipinski definition) is 0. The van der Waals surface area contributed by atoms with Crippen molar-refractivity contribution in [2.75, 3.05) is 13.7 Å². The number of hydrogen-bond acceptors (Lipinski definition) is 5. The van der Waals surface area contributed by atoms with Crippen molar-refractivity contribution in [1.82, 2.24) is 0 Å². The Hall–Kier alpha value is -1.98. The van der Waals surface area contributed by atoms with Crippen molar-refractivity contribution in [3.8, 4) is 11.5 Å². The number of carbonyl (C=O) groups excluding carboxylic acids is 2. The smallest absolute Gasteiger partial charge is 0.305 e. The number of fused-ring (bicyclic) bond motifs is 1. The molecule has 1 aliphatic rings. The fourth-order valence-corrected chi connectivity index (χ4v) is 3.29. The topological polar surface area (TPSA) is 61.8 Å². The maximum absolute atomic E-state index is 11.5. The zero-order chi connectivity index (χ0) is 18.8. The van der Waals surface area contributed by atoms with Gasteiger partial charge in [0.05, 0.1) is 7.11 Å². The summed E-state index contributed by atoms with van der Waals surface area (Å²) in [5, 5.41) is 0. The number of benzene rings is 1. The Balaban J connectivity index is 2.30. The highest BCUT2D eigenvalue weighted by molar-refractivity contribution is 6.58. The van der Waals surface area contributed by atoms with Gasteiger partial charge < -0.3 is 19.0 Å². The molecule has 0 saturated carbocycles. The van der Waals surface area contributed by atoms with Crippen LogP contribution in [0.25, 0.3) is 0 Å². The highest BCUT2D eigenvalue weighted by Crippen LogP contribution is 2.44. The number of rotatable bonds is 6. The van der Waals surface area contributed by atoms with Gasteiger partial charge >= 0.3 is 5.97 Å². The molecule has 1 aliphatic heterocycles. The summed E-state index contributed by atoms with van der Waals surface area (Å²) in [6.07, 6.45) is 2.57. The van der Waals surface area contributed by atoms with Gasteiger partial charge in [-0.15, -0.1) is 0 Å². The Morgan fingerprint density at radius 3 is 2.48 bits per heavy atom. The molecule has 0 amide bonds. The second kappa shape index (κ2) is 7.50. The zero-order valence-electron chi connectivity index (χ0n) is 15.7. The van der Waals surface area contributed by atoms with Crippen LogP contribution in [0, 0.1) is 20.8 Å². The molecule has 1 aromatic carbocycles. The Bertz CT molecular complexity index is 698. The average Bonchev–Trinajstić information content (AvgIpc) is 2.57. The summed E-state index contributed by atoms with van der Waals surface area (Å²) in [6.45, 7) is 7.79. The Morgan fingerprint density at radius 1 is 1.20 bits per heavy atom. The van der Waals surface area contributed by atoms with Crippen LogP contribution in [-0.4, -0.2) is 38.8 Å². The maximum Gasteiger partial charge on any atom is 0.305 e. The molecule has 0 unspecified atom stereocenters. The molecule has 1 aromatic rings. The quantitative estimate of drug-likeness (QED) is 0.587. The minimum atomic E-state index is -0.499. The monoisotopic (exact) mass is 344 g/mol. The largest absolute Gasteiger partial charge is 0.487 e. The summed E-state index contributed by atoms with van der Waals surface area (Å²) in [7, 11) is 6.59. The van der Waals surface area contributed by atoms with E-state index in [1.807, 2.05) is 27.7 Å². The van der Waals surface area contributed by atoms with Crippen LogP contribution >= 0.6 is 0 Å². The first kappa shape index (κ1) is 19.4. The summed E-state index contributed by atoms with van der Waals surface area (Å²) in [5.74, 6) is 1.34. The molecule has 0 N–H and O–H groups in total. The lowest BCUT2D eigenvalue weighted by molar-refractivity contribution is -0.141. The molecule has 134 valence electrons. The molecule has 1 heterocycles. The summed E-state index contributed by atoms with van der Waals surface area (Å²) in [6, 6.07) is 0. The summed E-state index contributed by atoms with van der Waals surface area (Å²) >= 11 is 0. The van der Waals surface area contributed by atoms with Crippen molar-refractivity contribution < 1.29 is 23.8 Å². The van der Waals surface area contributed by atoms with E-state index >= 15 is 0 Å². The van der Waals surface area contributed by atoms with Gasteiger partial charge in [-0.05, 0) is 63.6 Å². The fourth-order valence-electron chi connectivity index (χ4n) is 3.29. The number of methoxy groups -OCH3 is 1. The molecule has 2 rings (SSSR count). The lowest BCUT2D eigenvalue weighted by atomic mass is 9.85. The van der Waals surface area contributed by atoms with E-state index in [1.165, 1.54) is 7.11 Å². The van der Waals surface area contributed by atoms with E-state index in [9.17, 15) is 9.59 Å². The van der Waals surface area contributed by atoms with Gasteiger partial charge in [0.1, 0.15) is 29.4 Å². The first-order valence-electron chi connectivity index (χ1n) is 8.48. The predicted octanol–water partition coefficient (Wildman–Crippen LogP) is 2.72. The summed E-state index contributed by atoms with van der Waals surface area (Å²) < 4.78 is 16.7. The van der Waals surface area contributed by atoms with Crippen LogP contribution in [0.1, 0.15) is 48.4 Å². The molecular weight excluding hydrogens is 319 g/mol. The van der Waals surface area contributed by atoms with Crippen LogP contribution in [0.5, 0.6) is 11.5 Å². The second-order valence-electron chi connectivity index (χ2n) is 6.89. The van der Waals surface area contributed by atoms with Gasteiger partial charge in [0.25, 0.3) is 0 Å². The SMILES string of the molecule is [B]C(=O)COc1c(C)c(C)c2c(c1C)CC[C@@](C)(CCC(=O)OC)O2. The minimum Gasteiger partial charge on any atom is -0.487 e. The zero-order valence-corrected chi connectivity index (χ0v) is 15.7. The van der Waals surface area contributed by atoms with Crippen molar-refractivity contribution in [3.05, 3.63) is 22.3 Å². The van der Waals surface area contributed by atoms with E-state index in [1.54, 1.807) is 0 Å². The molecular formula is C19H25BO5. The molecule has 1 atom stereocenters. The van der Waals surface area contributed by atoms with E-state index in [2.05, 4.69) is 0 Å². The minimum absolute atomic E-state index is 0.141.